The van der Waals surface area contributed by atoms with E-state index >= 15 is 0 Å². The molecule has 1 aliphatic rings. The molecule has 4 nitrogen and oxygen atoms in total. The zero-order chi connectivity index (χ0) is 14.9. The number of aromatic nitrogens is 1. The standard InChI is InChI=1S/C16H20N2O2S/c1-12-9-13(15-6-2-3-7-16(15)18-12)10-17-11-14-5-4-8-21(14,19)20/h2-3,6-7,9,14,17H,4-5,8,10-11H2,1H3. The zero-order valence-corrected chi connectivity index (χ0v) is 13.0. The molecule has 1 aromatic carbocycles. The Balaban J connectivity index is 1.74. The quantitative estimate of drug-likeness (QED) is 0.941. The topological polar surface area (TPSA) is 59.1 Å². The minimum absolute atomic E-state index is 0.216. The first-order valence-electron chi connectivity index (χ1n) is 7.34. The van der Waals surface area contributed by atoms with Gasteiger partial charge in [-0.15, -0.1) is 0 Å². The van der Waals surface area contributed by atoms with Crippen LogP contribution in [0.4, 0.5) is 0 Å². The van der Waals surface area contributed by atoms with Crippen LogP contribution in [0.25, 0.3) is 10.9 Å². The van der Waals surface area contributed by atoms with Crippen molar-refractivity contribution in [3.8, 4) is 0 Å². The second kappa shape index (κ2) is 5.73. The molecule has 1 aliphatic heterocycles. The first-order valence-corrected chi connectivity index (χ1v) is 9.05. The van der Waals surface area contributed by atoms with Gasteiger partial charge in [-0.2, -0.15) is 0 Å². The van der Waals surface area contributed by atoms with Crippen molar-refractivity contribution in [2.75, 3.05) is 12.3 Å². The number of nitrogens with one attached hydrogen (secondary N) is 1. The van der Waals surface area contributed by atoms with Gasteiger partial charge in [-0.1, -0.05) is 18.2 Å². The lowest BCUT2D eigenvalue weighted by Crippen LogP contribution is -2.30. The van der Waals surface area contributed by atoms with Crippen LogP contribution < -0.4 is 5.32 Å². The minimum atomic E-state index is -2.87. The fourth-order valence-corrected chi connectivity index (χ4v) is 4.80. The zero-order valence-electron chi connectivity index (χ0n) is 12.2. The molecule has 2 heterocycles. The van der Waals surface area contributed by atoms with Crippen LogP contribution in [0.5, 0.6) is 0 Å². The molecule has 1 unspecified atom stereocenters. The number of rotatable bonds is 4. The SMILES string of the molecule is Cc1cc(CNCC2CCCS2(=O)=O)c2ccccc2n1. The summed E-state index contributed by atoms with van der Waals surface area (Å²) in [6.07, 6.45) is 1.58. The van der Waals surface area contributed by atoms with E-state index in [1.807, 2.05) is 25.1 Å². The fourth-order valence-electron chi connectivity index (χ4n) is 3.00. The lowest BCUT2D eigenvalue weighted by Gasteiger charge is -2.12. The third-order valence-electron chi connectivity index (χ3n) is 4.08. The molecule has 0 aliphatic carbocycles. The normalized spacial score (nSPS) is 20.9. The molecule has 0 radical (unpaired) electrons. The first-order chi connectivity index (χ1) is 10.1. The van der Waals surface area contributed by atoms with Crippen LogP contribution in [0.15, 0.2) is 30.3 Å². The molecule has 1 saturated heterocycles. The molecular formula is C16H20N2O2S. The summed E-state index contributed by atoms with van der Waals surface area (Å²) in [5.74, 6) is 0.344. The number of aryl methyl sites for hydroxylation is 1. The lowest BCUT2D eigenvalue weighted by molar-refractivity contribution is 0.574. The highest BCUT2D eigenvalue weighted by molar-refractivity contribution is 7.92. The second-order valence-corrected chi connectivity index (χ2v) is 8.10. The molecule has 1 fully saturated rings. The van der Waals surface area contributed by atoms with E-state index in [2.05, 4.69) is 22.4 Å². The van der Waals surface area contributed by atoms with Gasteiger partial charge in [0.15, 0.2) is 9.84 Å². The van der Waals surface area contributed by atoms with Crippen LogP contribution in [0, 0.1) is 6.92 Å². The third-order valence-corrected chi connectivity index (χ3v) is 6.36. The molecule has 1 N–H and O–H groups in total. The van der Waals surface area contributed by atoms with Gasteiger partial charge in [0, 0.05) is 24.2 Å². The largest absolute Gasteiger partial charge is 0.311 e. The van der Waals surface area contributed by atoms with Crippen LogP contribution in [0.1, 0.15) is 24.1 Å². The highest BCUT2D eigenvalue weighted by Gasteiger charge is 2.30. The van der Waals surface area contributed by atoms with E-state index in [1.54, 1.807) is 0 Å². The Morgan fingerprint density at radius 2 is 2.14 bits per heavy atom. The monoisotopic (exact) mass is 304 g/mol. The number of sulfone groups is 1. The number of fused-ring (bicyclic) bond motifs is 1. The van der Waals surface area contributed by atoms with Crippen LogP contribution in [-0.4, -0.2) is 30.9 Å². The maximum Gasteiger partial charge on any atom is 0.154 e. The van der Waals surface area contributed by atoms with Gasteiger partial charge < -0.3 is 5.32 Å². The van der Waals surface area contributed by atoms with Crippen molar-refractivity contribution >= 4 is 20.7 Å². The molecule has 0 bridgehead atoms. The van der Waals surface area contributed by atoms with E-state index in [0.29, 0.717) is 18.8 Å². The van der Waals surface area contributed by atoms with E-state index < -0.39 is 9.84 Å². The van der Waals surface area contributed by atoms with E-state index in [-0.39, 0.29) is 5.25 Å². The molecule has 5 heteroatoms. The van der Waals surface area contributed by atoms with E-state index in [9.17, 15) is 8.42 Å². The maximum absolute atomic E-state index is 11.8. The van der Waals surface area contributed by atoms with Crippen molar-refractivity contribution in [1.29, 1.82) is 0 Å². The van der Waals surface area contributed by atoms with Crippen molar-refractivity contribution < 1.29 is 8.42 Å². The number of para-hydroxylation sites is 1. The second-order valence-electron chi connectivity index (χ2n) is 5.70. The fraction of sp³-hybridized carbons (Fsp3) is 0.438. The summed E-state index contributed by atoms with van der Waals surface area (Å²) in [5.41, 5.74) is 3.15. The van der Waals surface area contributed by atoms with E-state index in [4.69, 9.17) is 0 Å². The van der Waals surface area contributed by atoms with Gasteiger partial charge in [-0.3, -0.25) is 4.98 Å². The highest BCUT2D eigenvalue weighted by atomic mass is 32.2. The van der Waals surface area contributed by atoms with Crippen molar-refractivity contribution in [1.82, 2.24) is 10.3 Å². The van der Waals surface area contributed by atoms with Gasteiger partial charge in [-0.05, 0) is 37.5 Å². The summed E-state index contributed by atoms with van der Waals surface area (Å²) in [6, 6.07) is 10.1. The van der Waals surface area contributed by atoms with Gasteiger partial charge in [0.2, 0.25) is 0 Å². The number of pyridine rings is 1. The molecule has 21 heavy (non-hydrogen) atoms. The average Bonchev–Trinajstić information content (AvgIpc) is 2.78. The Morgan fingerprint density at radius 3 is 2.90 bits per heavy atom. The van der Waals surface area contributed by atoms with Crippen LogP contribution in [0.2, 0.25) is 0 Å². The van der Waals surface area contributed by atoms with E-state index in [0.717, 1.165) is 29.4 Å². The lowest BCUT2D eigenvalue weighted by atomic mass is 10.1. The summed E-state index contributed by atoms with van der Waals surface area (Å²) in [6.45, 7) is 3.20. The smallest absolute Gasteiger partial charge is 0.154 e. The molecule has 1 aromatic heterocycles. The van der Waals surface area contributed by atoms with Crippen molar-refractivity contribution in [2.45, 2.75) is 31.6 Å². The number of hydrogen-bond acceptors (Lipinski definition) is 4. The number of hydrogen-bond donors (Lipinski definition) is 1. The number of benzene rings is 1. The van der Waals surface area contributed by atoms with Crippen molar-refractivity contribution in [3.63, 3.8) is 0 Å². The van der Waals surface area contributed by atoms with Crippen LogP contribution >= 0.6 is 0 Å². The Labute approximate surface area is 125 Å². The molecular weight excluding hydrogens is 284 g/mol. The molecule has 0 spiro atoms. The predicted octanol–water partition coefficient (Wildman–Crippen LogP) is 2.21. The molecule has 1 atom stereocenters. The van der Waals surface area contributed by atoms with E-state index in [1.165, 1.54) is 5.56 Å². The summed E-state index contributed by atoms with van der Waals surface area (Å²) in [7, 11) is -2.87. The molecule has 0 amide bonds. The molecule has 0 saturated carbocycles. The summed E-state index contributed by atoms with van der Waals surface area (Å²) >= 11 is 0. The van der Waals surface area contributed by atoms with Crippen molar-refractivity contribution in [3.05, 3.63) is 41.6 Å². The Morgan fingerprint density at radius 1 is 1.33 bits per heavy atom. The predicted molar refractivity (Wildman–Crippen MR) is 85.0 cm³/mol. The van der Waals surface area contributed by atoms with Crippen molar-refractivity contribution in [2.24, 2.45) is 0 Å². The maximum atomic E-state index is 11.8. The highest BCUT2D eigenvalue weighted by Crippen LogP contribution is 2.20. The van der Waals surface area contributed by atoms with Crippen LogP contribution in [0.3, 0.4) is 0 Å². The minimum Gasteiger partial charge on any atom is -0.311 e. The van der Waals surface area contributed by atoms with Gasteiger partial charge >= 0.3 is 0 Å². The first kappa shape index (κ1) is 14.5. The summed E-state index contributed by atoms with van der Waals surface area (Å²) < 4.78 is 23.6. The molecule has 2 aromatic rings. The average molecular weight is 304 g/mol. The Bertz CT molecular complexity index is 756. The summed E-state index contributed by atoms with van der Waals surface area (Å²) in [5, 5.41) is 4.23. The molecule has 112 valence electrons. The number of nitrogens with zero attached hydrogens (tertiary/aromatic N) is 1. The summed E-state index contributed by atoms with van der Waals surface area (Å²) in [4.78, 5) is 4.52. The van der Waals surface area contributed by atoms with Gasteiger partial charge in [-0.25, -0.2) is 8.42 Å². The van der Waals surface area contributed by atoms with Crippen LogP contribution in [-0.2, 0) is 16.4 Å². The van der Waals surface area contributed by atoms with Gasteiger partial charge in [0.25, 0.3) is 0 Å². The Hall–Kier alpha value is -1.46. The molecule has 3 rings (SSSR count). The third kappa shape index (κ3) is 3.09. The van der Waals surface area contributed by atoms with Gasteiger partial charge in [0.05, 0.1) is 16.5 Å². The van der Waals surface area contributed by atoms with Gasteiger partial charge in [0.1, 0.15) is 0 Å². The Kier molecular flexibility index (Phi) is 3.95.